The molecular weight excluding hydrogens is 465 g/mol. The Morgan fingerprint density at radius 1 is 1.35 bits per heavy atom. The molecular formula is C17H32IN5O2S. The third-order valence-electron chi connectivity index (χ3n) is 4.20. The average Bonchev–Trinajstić information content (AvgIpc) is 2.96. The molecule has 2 rings (SSSR count). The molecule has 26 heavy (non-hydrogen) atoms. The molecule has 7 nitrogen and oxygen atoms in total. The Hall–Kier alpha value is -0.680. The van der Waals surface area contributed by atoms with Gasteiger partial charge in [0.25, 0.3) is 0 Å². The molecule has 1 saturated heterocycles. The highest BCUT2D eigenvalue weighted by Crippen LogP contribution is 2.11. The number of hydrogen-bond acceptors (Lipinski definition) is 5. The number of aromatic nitrogens is 1. The van der Waals surface area contributed by atoms with Gasteiger partial charge in [0, 0.05) is 73.7 Å². The van der Waals surface area contributed by atoms with E-state index in [2.05, 4.69) is 25.3 Å². The van der Waals surface area contributed by atoms with E-state index in [4.69, 9.17) is 4.52 Å². The number of rotatable bonds is 5. The third kappa shape index (κ3) is 7.15. The minimum atomic E-state index is -0.847. The summed E-state index contributed by atoms with van der Waals surface area (Å²) in [5.41, 5.74) is 0.984. The Morgan fingerprint density at radius 2 is 2.00 bits per heavy atom. The van der Waals surface area contributed by atoms with Crippen molar-refractivity contribution in [1.82, 2.24) is 20.3 Å². The van der Waals surface area contributed by atoms with Crippen molar-refractivity contribution in [3.05, 3.63) is 17.5 Å². The SMILES string of the molecule is CN=C(NCCS(=O)C(C)(C)C)N1CCN(Cc2cc(C)on2)CC1.I. The molecule has 1 fully saturated rings. The van der Waals surface area contributed by atoms with Crippen LogP contribution in [-0.4, -0.2) is 75.4 Å². The van der Waals surface area contributed by atoms with Crippen LogP contribution in [0.2, 0.25) is 0 Å². The van der Waals surface area contributed by atoms with Gasteiger partial charge in [-0.15, -0.1) is 24.0 Å². The smallest absolute Gasteiger partial charge is 0.193 e. The van der Waals surface area contributed by atoms with Crippen molar-refractivity contribution in [3.63, 3.8) is 0 Å². The first-order valence-electron chi connectivity index (χ1n) is 8.78. The maximum absolute atomic E-state index is 12.1. The Morgan fingerprint density at radius 3 is 2.50 bits per heavy atom. The van der Waals surface area contributed by atoms with Crippen LogP contribution in [-0.2, 0) is 17.3 Å². The molecule has 0 aliphatic carbocycles. The lowest BCUT2D eigenvalue weighted by molar-refractivity contribution is 0.169. The van der Waals surface area contributed by atoms with Crippen molar-refractivity contribution in [2.24, 2.45) is 4.99 Å². The molecule has 1 unspecified atom stereocenters. The maximum atomic E-state index is 12.1. The number of piperazine rings is 1. The highest BCUT2D eigenvalue weighted by Gasteiger charge is 2.22. The number of guanidine groups is 1. The van der Waals surface area contributed by atoms with Crippen molar-refractivity contribution in [1.29, 1.82) is 0 Å². The van der Waals surface area contributed by atoms with Crippen molar-refractivity contribution < 1.29 is 8.73 Å². The molecule has 1 N–H and O–H groups in total. The minimum Gasteiger partial charge on any atom is -0.361 e. The summed E-state index contributed by atoms with van der Waals surface area (Å²) in [6, 6.07) is 1.99. The number of hydrogen-bond donors (Lipinski definition) is 1. The van der Waals surface area contributed by atoms with E-state index in [1.54, 1.807) is 7.05 Å². The third-order valence-corrected chi connectivity index (χ3v) is 6.14. The second-order valence-corrected chi connectivity index (χ2v) is 9.65. The molecule has 1 atom stereocenters. The van der Waals surface area contributed by atoms with Crippen LogP contribution >= 0.6 is 24.0 Å². The summed E-state index contributed by atoms with van der Waals surface area (Å²) in [5, 5.41) is 7.41. The van der Waals surface area contributed by atoms with E-state index < -0.39 is 10.8 Å². The van der Waals surface area contributed by atoms with Crippen LogP contribution in [0, 0.1) is 6.92 Å². The molecule has 0 radical (unpaired) electrons. The summed E-state index contributed by atoms with van der Waals surface area (Å²) < 4.78 is 17.1. The molecule has 150 valence electrons. The summed E-state index contributed by atoms with van der Waals surface area (Å²) in [7, 11) is 0.952. The number of nitrogens with one attached hydrogen (secondary N) is 1. The number of aliphatic imine (C=N–C) groups is 1. The predicted octanol–water partition coefficient (Wildman–Crippen LogP) is 1.84. The van der Waals surface area contributed by atoms with E-state index in [1.807, 2.05) is 33.8 Å². The van der Waals surface area contributed by atoms with Crippen LogP contribution in [0.1, 0.15) is 32.2 Å². The molecule has 0 saturated carbocycles. The molecule has 0 amide bonds. The van der Waals surface area contributed by atoms with Crippen LogP contribution in [0.4, 0.5) is 0 Å². The first-order chi connectivity index (χ1) is 11.8. The van der Waals surface area contributed by atoms with Gasteiger partial charge in [-0.25, -0.2) is 0 Å². The van der Waals surface area contributed by atoms with Crippen LogP contribution in [0.5, 0.6) is 0 Å². The zero-order valence-electron chi connectivity index (χ0n) is 16.4. The normalized spacial score (nSPS) is 17.7. The Bertz CT molecular complexity index is 607. The summed E-state index contributed by atoms with van der Waals surface area (Å²) in [6.45, 7) is 13.2. The lowest BCUT2D eigenvalue weighted by atomic mass is 10.3. The standard InChI is InChI=1S/C17H31N5O2S.HI/c1-14-12-15(20-24-14)13-21-7-9-22(10-8-21)16(18-5)19-6-11-25(23)17(2,3)4;/h12H,6-11,13H2,1-5H3,(H,18,19);1H. The van der Waals surface area contributed by atoms with E-state index in [0.717, 1.165) is 50.1 Å². The van der Waals surface area contributed by atoms with Crippen molar-refractivity contribution in [3.8, 4) is 0 Å². The van der Waals surface area contributed by atoms with Gasteiger partial charge in [-0.05, 0) is 27.7 Å². The van der Waals surface area contributed by atoms with E-state index >= 15 is 0 Å². The van der Waals surface area contributed by atoms with Gasteiger partial charge in [0.2, 0.25) is 0 Å². The van der Waals surface area contributed by atoms with E-state index in [1.165, 1.54) is 0 Å². The van der Waals surface area contributed by atoms with Gasteiger partial charge in [0.15, 0.2) is 5.96 Å². The fourth-order valence-corrected chi connectivity index (χ4v) is 3.63. The number of halogens is 1. The molecule has 1 aliphatic rings. The van der Waals surface area contributed by atoms with Crippen LogP contribution in [0.25, 0.3) is 0 Å². The zero-order chi connectivity index (χ0) is 18.4. The largest absolute Gasteiger partial charge is 0.361 e. The molecule has 0 bridgehead atoms. The van der Waals surface area contributed by atoms with E-state index in [0.29, 0.717) is 12.3 Å². The summed E-state index contributed by atoms with van der Waals surface area (Å²) >= 11 is 0. The molecule has 0 spiro atoms. The summed E-state index contributed by atoms with van der Waals surface area (Å²) in [5.74, 6) is 2.38. The Balaban J connectivity index is 0.00000338. The average molecular weight is 497 g/mol. The van der Waals surface area contributed by atoms with Crippen molar-refractivity contribution in [2.75, 3.05) is 45.5 Å². The van der Waals surface area contributed by atoms with Crippen LogP contribution in [0.15, 0.2) is 15.6 Å². The van der Waals surface area contributed by atoms with Gasteiger partial charge in [-0.2, -0.15) is 0 Å². The van der Waals surface area contributed by atoms with Gasteiger partial charge in [-0.3, -0.25) is 14.1 Å². The lowest BCUT2D eigenvalue weighted by Crippen LogP contribution is -2.52. The second-order valence-electron chi connectivity index (χ2n) is 7.33. The highest BCUT2D eigenvalue weighted by atomic mass is 127. The first-order valence-corrected chi connectivity index (χ1v) is 10.1. The highest BCUT2D eigenvalue weighted by molar-refractivity contribution is 14.0. The fraction of sp³-hybridized carbons (Fsp3) is 0.765. The lowest BCUT2D eigenvalue weighted by Gasteiger charge is -2.36. The van der Waals surface area contributed by atoms with Crippen molar-refractivity contribution >= 4 is 40.7 Å². The Labute approximate surface area is 176 Å². The monoisotopic (exact) mass is 497 g/mol. The number of aryl methyl sites for hydroxylation is 1. The maximum Gasteiger partial charge on any atom is 0.193 e. The molecule has 1 aromatic heterocycles. The van der Waals surface area contributed by atoms with Crippen molar-refractivity contribution in [2.45, 2.75) is 39.0 Å². The molecule has 1 aromatic rings. The minimum absolute atomic E-state index is 0. The van der Waals surface area contributed by atoms with E-state index in [9.17, 15) is 4.21 Å². The number of nitrogens with zero attached hydrogens (tertiary/aromatic N) is 4. The van der Waals surface area contributed by atoms with Crippen LogP contribution < -0.4 is 5.32 Å². The molecule has 2 heterocycles. The van der Waals surface area contributed by atoms with Gasteiger partial charge < -0.3 is 14.7 Å². The quantitative estimate of drug-likeness (QED) is 0.380. The fourth-order valence-electron chi connectivity index (χ4n) is 2.73. The van der Waals surface area contributed by atoms with Gasteiger partial charge in [-0.1, -0.05) is 5.16 Å². The predicted molar refractivity (Wildman–Crippen MR) is 118 cm³/mol. The molecule has 0 aromatic carbocycles. The topological polar surface area (TPSA) is 74.0 Å². The van der Waals surface area contributed by atoms with Gasteiger partial charge in [0.1, 0.15) is 5.76 Å². The summed E-state index contributed by atoms with van der Waals surface area (Å²) in [4.78, 5) is 9.00. The Kier molecular flexibility index (Phi) is 9.53. The van der Waals surface area contributed by atoms with Gasteiger partial charge >= 0.3 is 0 Å². The van der Waals surface area contributed by atoms with Gasteiger partial charge in [0.05, 0.1) is 5.69 Å². The second kappa shape index (κ2) is 10.6. The van der Waals surface area contributed by atoms with Crippen LogP contribution in [0.3, 0.4) is 0 Å². The first kappa shape index (κ1) is 23.4. The summed E-state index contributed by atoms with van der Waals surface area (Å²) in [6.07, 6.45) is 0. The zero-order valence-corrected chi connectivity index (χ0v) is 19.6. The molecule has 1 aliphatic heterocycles. The molecule has 9 heteroatoms. The van der Waals surface area contributed by atoms with E-state index in [-0.39, 0.29) is 28.7 Å².